The first-order valence-corrected chi connectivity index (χ1v) is 13.9. The number of thiophene rings is 1. The number of rotatable bonds is 9. The molecule has 0 fully saturated rings. The van der Waals surface area contributed by atoms with Crippen LogP contribution in [0.4, 0.5) is 19.0 Å². The number of hydrogen-bond donors (Lipinski definition) is 1. The number of carbonyl (C=O) groups is 1. The molecule has 0 atom stereocenters. The molecule has 3 aromatic carbocycles. The van der Waals surface area contributed by atoms with Crippen molar-refractivity contribution in [3.05, 3.63) is 112 Å². The Hall–Kier alpha value is -4.83. The lowest BCUT2D eigenvalue weighted by Gasteiger charge is -2.13. The van der Waals surface area contributed by atoms with Crippen molar-refractivity contribution in [3.8, 4) is 33.4 Å². The Kier molecular flexibility index (Phi) is 7.30. The maximum Gasteiger partial charge on any atom is 0.272 e. The van der Waals surface area contributed by atoms with E-state index in [1.54, 1.807) is 48.5 Å². The number of nitrogens with two attached hydrogens (primary N) is 1. The highest BCUT2D eigenvalue weighted by Crippen LogP contribution is 2.40. The summed E-state index contributed by atoms with van der Waals surface area (Å²) in [5, 5.41) is 6.25. The van der Waals surface area contributed by atoms with E-state index in [9.17, 15) is 18.0 Å². The number of allylic oxidation sites excluding steroid dienone is 1. The zero-order valence-corrected chi connectivity index (χ0v) is 23.1. The van der Waals surface area contributed by atoms with Gasteiger partial charge < -0.3 is 15.2 Å². The predicted molar refractivity (Wildman–Crippen MR) is 156 cm³/mol. The standard InChI is InChI=1S/C32H24F3N3O3S/c1-18-11-22(8-9-26(18)41-27-6-3-2-5-25(27)33)38-32(36)24(16-37-38)31(39)21-12-19-14-23(29-7-4-10-42-29)28(15-20(19)13-21)40-17-30(34)35/h2-11,13-16,30H,12,17,36H2,1H3. The van der Waals surface area contributed by atoms with Crippen LogP contribution in [0.2, 0.25) is 0 Å². The largest absolute Gasteiger partial charge is 0.487 e. The third kappa shape index (κ3) is 5.28. The van der Waals surface area contributed by atoms with Crippen LogP contribution in [0.25, 0.3) is 22.2 Å². The van der Waals surface area contributed by atoms with Crippen LogP contribution >= 0.6 is 11.3 Å². The number of anilines is 1. The summed E-state index contributed by atoms with van der Waals surface area (Å²) in [6, 6.07) is 18.7. The van der Waals surface area contributed by atoms with Crippen LogP contribution in [0, 0.1) is 12.7 Å². The molecule has 6 rings (SSSR count). The quantitative estimate of drug-likeness (QED) is 0.178. The number of benzene rings is 3. The lowest BCUT2D eigenvalue weighted by atomic mass is 10.0. The van der Waals surface area contributed by atoms with E-state index in [1.807, 2.05) is 30.5 Å². The van der Waals surface area contributed by atoms with Gasteiger partial charge in [-0.1, -0.05) is 18.2 Å². The van der Waals surface area contributed by atoms with Crippen molar-refractivity contribution in [3.63, 3.8) is 0 Å². The number of nitrogens with zero attached hydrogens (tertiary/aromatic N) is 2. The third-order valence-corrected chi connectivity index (χ3v) is 7.81. The van der Waals surface area contributed by atoms with Crippen LogP contribution in [0.1, 0.15) is 27.0 Å². The Balaban J connectivity index is 1.25. The number of fused-ring (bicyclic) bond motifs is 1. The van der Waals surface area contributed by atoms with E-state index in [1.165, 1.54) is 28.3 Å². The van der Waals surface area contributed by atoms with Crippen molar-refractivity contribution in [1.82, 2.24) is 9.78 Å². The molecule has 0 aliphatic heterocycles. The van der Waals surface area contributed by atoms with Gasteiger partial charge in [0.2, 0.25) is 0 Å². The van der Waals surface area contributed by atoms with Gasteiger partial charge in [-0.2, -0.15) is 5.10 Å². The molecule has 42 heavy (non-hydrogen) atoms. The molecule has 0 amide bonds. The number of para-hydroxylation sites is 1. The highest BCUT2D eigenvalue weighted by Gasteiger charge is 2.26. The van der Waals surface area contributed by atoms with Crippen LogP contribution in [0.15, 0.2) is 83.9 Å². The predicted octanol–water partition coefficient (Wildman–Crippen LogP) is 7.89. The molecule has 212 valence electrons. The molecule has 2 N–H and O–H groups in total. The molecule has 0 saturated carbocycles. The average molecular weight is 588 g/mol. The van der Waals surface area contributed by atoms with Crippen molar-refractivity contribution in [2.75, 3.05) is 12.3 Å². The molecule has 0 saturated heterocycles. The Morgan fingerprint density at radius 2 is 1.90 bits per heavy atom. The number of nitrogen functional groups attached to an aromatic ring is 1. The lowest BCUT2D eigenvalue weighted by molar-refractivity contribution is 0.0822. The molecule has 5 aromatic rings. The minimum absolute atomic E-state index is 0.112. The molecule has 1 aliphatic rings. The fraction of sp³-hybridized carbons (Fsp3) is 0.125. The number of alkyl halides is 2. The molecule has 10 heteroatoms. The SMILES string of the molecule is Cc1cc(-n2ncc(C(=O)C3=Cc4cc(OCC(F)F)c(-c5cccs5)cc4C3)c2N)ccc1Oc1ccccc1F. The number of hydrogen-bond acceptors (Lipinski definition) is 6. The van der Waals surface area contributed by atoms with Gasteiger partial charge in [-0.15, -0.1) is 11.3 Å². The summed E-state index contributed by atoms with van der Waals surface area (Å²) in [6.07, 6.45) is 0.907. The minimum Gasteiger partial charge on any atom is -0.487 e. The van der Waals surface area contributed by atoms with E-state index in [2.05, 4.69) is 5.10 Å². The number of carbonyl (C=O) groups excluding carboxylic acids is 1. The Bertz CT molecular complexity index is 1830. The van der Waals surface area contributed by atoms with E-state index in [4.69, 9.17) is 15.2 Å². The molecule has 0 unspecified atom stereocenters. The van der Waals surface area contributed by atoms with Gasteiger partial charge in [0.05, 0.1) is 17.4 Å². The molecular formula is C32H24F3N3O3S. The van der Waals surface area contributed by atoms with Crippen molar-refractivity contribution in [1.29, 1.82) is 0 Å². The van der Waals surface area contributed by atoms with E-state index < -0.39 is 18.8 Å². The van der Waals surface area contributed by atoms with Gasteiger partial charge in [-0.25, -0.2) is 17.9 Å². The van der Waals surface area contributed by atoms with E-state index in [-0.39, 0.29) is 22.9 Å². The molecule has 2 heterocycles. The zero-order valence-electron chi connectivity index (χ0n) is 22.3. The second-order valence-corrected chi connectivity index (χ2v) is 10.7. The minimum atomic E-state index is -2.61. The number of Topliss-reactive ketones (excluding diaryl/α,β-unsaturated/α-hetero) is 1. The smallest absolute Gasteiger partial charge is 0.272 e. The van der Waals surface area contributed by atoms with Gasteiger partial charge >= 0.3 is 0 Å². The van der Waals surface area contributed by atoms with E-state index >= 15 is 0 Å². The van der Waals surface area contributed by atoms with Gasteiger partial charge in [-0.05, 0) is 83.6 Å². The van der Waals surface area contributed by atoms with Gasteiger partial charge in [0.1, 0.15) is 23.9 Å². The molecule has 2 aromatic heterocycles. The van der Waals surface area contributed by atoms with Crippen molar-refractivity contribution in [2.24, 2.45) is 0 Å². The second kappa shape index (κ2) is 11.2. The zero-order chi connectivity index (χ0) is 29.4. The van der Waals surface area contributed by atoms with Crippen molar-refractivity contribution >= 4 is 29.0 Å². The molecule has 6 nitrogen and oxygen atoms in total. The molecule has 0 bridgehead atoms. The van der Waals surface area contributed by atoms with Gasteiger partial charge in [0.15, 0.2) is 17.3 Å². The summed E-state index contributed by atoms with van der Waals surface area (Å²) in [6.45, 7) is 1.09. The van der Waals surface area contributed by atoms with Crippen LogP contribution in [0.5, 0.6) is 17.2 Å². The fourth-order valence-electron chi connectivity index (χ4n) is 4.85. The molecule has 0 radical (unpaired) electrons. The van der Waals surface area contributed by atoms with Crippen molar-refractivity contribution < 1.29 is 27.4 Å². The topological polar surface area (TPSA) is 79.4 Å². The Labute approximate surface area is 243 Å². The first kappa shape index (κ1) is 27.3. The maximum absolute atomic E-state index is 14.0. The number of aryl methyl sites for hydroxylation is 1. The summed E-state index contributed by atoms with van der Waals surface area (Å²) in [5.74, 6) is 0.340. The first-order chi connectivity index (χ1) is 20.3. The van der Waals surface area contributed by atoms with Crippen LogP contribution < -0.4 is 15.2 Å². The number of ether oxygens (including phenoxy) is 2. The van der Waals surface area contributed by atoms with E-state index in [0.717, 1.165) is 21.6 Å². The summed E-state index contributed by atoms with van der Waals surface area (Å²) >= 11 is 1.48. The maximum atomic E-state index is 14.0. The van der Waals surface area contributed by atoms with Gasteiger partial charge in [-0.3, -0.25) is 4.79 Å². The average Bonchev–Trinajstić information content (AvgIpc) is 3.73. The highest BCUT2D eigenvalue weighted by molar-refractivity contribution is 7.13. The molecule has 1 aliphatic carbocycles. The second-order valence-electron chi connectivity index (χ2n) is 9.74. The lowest BCUT2D eigenvalue weighted by Crippen LogP contribution is -2.09. The third-order valence-electron chi connectivity index (χ3n) is 6.91. The number of ketones is 1. The molecule has 0 spiro atoms. The van der Waals surface area contributed by atoms with Gasteiger partial charge in [0, 0.05) is 22.4 Å². The normalized spacial score (nSPS) is 12.4. The van der Waals surface area contributed by atoms with Crippen LogP contribution in [-0.2, 0) is 6.42 Å². The fourth-order valence-corrected chi connectivity index (χ4v) is 5.60. The number of halogens is 3. The number of aromatic nitrogens is 2. The highest BCUT2D eigenvalue weighted by atomic mass is 32.1. The monoisotopic (exact) mass is 587 g/mol. The summed E-state index contributed by atoms with van der Waals surface area (Å²) in [7, 11) is 0. The Morgan fingerprint density at radius 1 is 1.07 bits per heavy atom. The summed E-state index contributed by atoms with van der Waals surface area (Å²) < 4.78 is 52.5. The van der Waals surface area contributed by atoms with Crippen molar-refractivity contribution in [2.45, 2.75) is 19.8 Å². The van der Waals surface area contributed by atoms with Crippen LogP contribution in [-0.4, -0.2) is 28.6 Å². The van der Waals surface area contributed by atoms with E-state index in [0.29, 0.717) is 34.7 Å². The summed E-state index contributed by atoms with van der Waals surface area (Å²) in [5.41, 5.74) is 10.8. The van der Waals surface area contributed by atoms with Crippen LogP contribution in [0.3, 0.4) is 0 Å². The Morgan fingerprint density at radius 3 is 2.64 bits per heavy atom. The molecular weight excluding hydrogens is 563 g/mol. The van der Waals surface area contributed by atoms with Gasteiger partial charge in [0.25, 0.3) is 6.43 Å². The first-order valence-electron chi connectivity index (χ1n) is 13.0. The summed E-state index contributed by atoms with van der Waals surface area (Å²) in [4.78, 5) is 14.4.